The Morgan fingerprint density at radius 2 is 2.25 bits per heavy atom. The summed E-state index contributed by atoms with van der Waals surface area (Å²) in [7, 11) is 0. The first-order valence-corrected chi connectivity index (χ1v) is 10.5. The standard InChI is InChI=1S/C20H31N5O3/c1-2-28-13-19(26)21-9-18-16-6-15(17-4-3-5-20(27)25(17)18)11-24(12-16)10-14-7-22-23-8-14/h7-8,15-18H,2-6,9-13H2,1H3,(H,21,26)(H,22,23)/t15-,16+,17+,18+/m1/s1. The zero-order chi connectivity index (χ0) is 19.5. The number of amides is 2. The van der Waals surface area contributed by atoms with Gasteiger partial charge in [-0.15, -0.1) is 0 Å². The Balaban J connectivity index is 1.47. The smallest absolute Gasteiger partial charge is 0.246 e. The number of nitrogens with zero attached hydrogens (tertiary/aromatic N) is 3. The molecule has 0 radical (unpaired) electrons. The predicted molar refractivity (Wildman–Crippen MR) is 103 cm³/mol. The molecular weight excluding hydrogens is 358 g/mol. The molecule has 2 amide bonds. The Morgan fingerprint density at radius 1 is 1.39 bits per heavy atom. The summed E-state index contributed by atoms with van der Waals surface area (Å²) in [5.74, 6) is 1.07. The summed E-state index contributed by atoms with van der Waals surface area (Å²) in [6, 6.07) is 0.380. The van der Waals surface area contributed by atoms with E-state index in [4.69, 9.17) is 4.74 Å². The second kappa shape index (κ2) is 8.61. The van der Waals surface area contributed by atoms with Crippen molar-refractivity contribution in [2.75, 3.05) is 32.8 Å². The third-order valence-electron chi connectivity index (χ3n) is 6.48. The summed E-state index contributed by atoms with van der Waals surface area (Å²) in [5.41, 5.74) is 1.19. The minimum Gasteiger partial charge on any atom is -0.372 e. The quantitative estimate of drug-likeness (QED) is 0.719. The molecule has 8 nitrogen and oxygen atoms in total. The number of carbonyl (C=O) groups excluding carboxylic acids is 2. The molecule has 4 atom stereocenters. The molecule has 8 heteroatoms. The molecule has 28 heavy (non-hydrogen) atoms. The lowest BCUT2D eigenvalue weighted by atomic mass is 9.72. The van der Waals surface area contributed by atoms with Gasteiger partial charge in [0.05, 0.1) is 12.2 Å². The second-order valence-corrected chi connectivity index (χ2v) is 8.33. The summed E-state index contributed by atoms with van der Waals surface area (Å²) < 4.78 is 5.21. The lowest BCUT2D eigenvalue weighted by Crippen LogP contribution is -2.67. The number of ether oxygens (including phenoxy) is 1. The van der Waals surface area contributed by atoms with Gasteiger partial charge < -0.3 is 15.0 Å². The SMILES string of the molecule is CCOCC(=O)NC[C@H]1[C@H]2C[C@H](CN(Cc3cn[nH]c3)C2)[C@@H]2CCCC(=O)N21. The van der Waals surface area contributed by atoms with Crippen LogP contribution < -0.4 is 5.32 Å². The van der Waals surface area contributed by atoms with Crippen LogP contribution in [0.5, 0.6) is 0 Å². The summed E-state index contributed by atoms with van der Waals surface area (Å²) in [4.78, 5) is 29.5. The number of nitrogens with one attached hydrogen (secondary N) is 2. The van der Waals surface area contributed by atoms with Gasteiger partial charge in [0.25, 0.3) is 0 Å². The van der Waals surface area contributed by atoms with E-state index < -0.39 is 0 Å². The van der Waals surface area contributed by atoms with Crippen LogP contribution in [0.3, 0.4) is 0 Å². The normalized spacial score (nSPS) is 30.2. The third-order valence-corrected chi connectivity index (χ3v) is 6.48. The molecule has 2 bridgehead atoms. The van der Waals surface area contributed by atoms with Crippen molar-refractivity contribution in [1.82, 2.24) is 25.3 Å². The third kappa shape index (κ3) is 4.07. The van der Waals surface area contributed by atoms with Crippen LogP contribution >= 0.6 is 0 Å². The predicted octanol–water partition coefficient (Wildman–Crippen LogP) is 0.764. The van der Waals surface area contributed by atoms with Gasteiger partial charge in [0.15, 0.2) is 0 Å². The van der Waals surface area contributed by atoms with Crippen LogP contribution in [0.2, 0.25) is 0 Å². The van der Waals surface area contributed by atoms with E-state index in [2.05, 4.69) is 25.3 Å². The lowest BCUT2D eigenvalue weighted by molar-refractivity contribution is -0.153. The molecule has 0 spiro atoms. The van der Waals surface area contributed by atoms with E-state index in [9.17, 15) is 9.59 Å². The Labute approximate surface area is 166 Å². The first-order chi connectivity index (χ1) is 13.7. The van der Waals surface area contributed by atoms with Gasteiger partial charge in [-0.25, -0.2) is 0 Å². The van der Waals surface area contributed by atoms with Crippen molar-refractivity contribution in [1.29, 1.82) is 0 Å². The summed E-state index contributed by atoms with van der Waals surface area (Å²) in [5, 5.41) is 9.96. The fraction of sp³-hybridized carbons (Fsp3) is 0.750. The van der Waals surface area contributed by atoms with Gasteiger partial charge in [-0.2, -0.15) is 5.10 Å². The number of hydrogen-bond acceptors (Lipinski definition) is 5. The second-order valence-electron chi connectivity index (χ2n) is 8.33. The zero-order valence-electron chi connectivity index (χ0n) is 16.6. The first kappa shape index (κ1) is 19.4. The van der Waals surface area contributed by atoms with Gasteiger partial charge in [-0.05, 0) is 38.0 Å². The van der Waals surface area contributed by atoms with Gasteiger partial charge >= 0.3 is 0 Å². The van der Waals surface area contributed by atoms with E-state index in [-0.39, 0.29) is 24.5 Å². The number of fused-ring (bicyclic) bond motifs is 4. The number of hydrogen-bond donors (Lipinski definition) is 2. The van der Waals surface area contributed by atoms with Gasteiger partial charge in [-0.3, -0.25) is 19.6 Å². The maximum atomic E-state index is 12.8. The van der Waals surface area contributed by atoms with Gasteiger partial charge in [-0.1, -0.05) is 0 Å². The van der Waals surface area contributed by atoms with Crippen molar-refractivity contribution >= 4 is 11.8 Å². The zero-order valence-corrected chi connectivity index (χ0v) is 16.6. The molecule has 0 aliphatic carbocycles. The minimum absolute atomic E-state index is 0.0757. The first-order valence-electron chi connectivity index (χ1n) is 10.5. The van der Waals surface area contributed by atoms with Crippen molar-refractivity contribution < 1.29 is 14.3 Å². The highest BCUT2D eigenvalue weighted by Crippen LogP contribution is 2.41. The highest BCUT2D eigenvalue weighted by molar-refractivity contribution is 5.79. The van der Waals surface area contributed by atoms with E-state index in [0.717, 1.165) is 38.9 Å². The number of aromatic nitrogens is 2. The Hall–Kier alpha value is -1.93. The molecule has 0 unspecified atom stereocenters. The van der Waals surface area contributed by atoms with E-state index in [1.54, 1.807) is 0 Å². The lowest BCUT2D eigenvalue weighted by Gasteiger charge is -2.56. The minimum atomic E-state index is -0.101. The monoisotopic (exact) mass is 389 g/mol. The number of likely N-dealkylation sites (tertiary alicyclic amines) is 1. The van der Waals surface area contributed by atoms with Crippen LogP contribution in [0, 0.1) is 11.8 Å². The molecule has 154 valence electrons. The molecular formula is C20H31N5O3. The van der Waals surface area contributed by atoms with E-state index in [1.807, 2.05) is 19.3 Å². The van der Waals surface area contributed by atoms with Gasteiger partial charge in [0.1, 0.15) is 6.61 Å². The van der Waals surface area contributed by atoms with Crippen molar-refractivity contribution in [3.63, 3.8) is 0 Å². The van der Waals surface area contributed by atoms with Crippen LogP contribution in [0.15, 0.2) is 12.4 Å². The fourth-order valence-electron chi connectivity index (χ4n) is 5.35. The maximum Gasteiger partial charge on any atom is 0.246 e. The van der Waals surface area contributed by atoms with Crippen LogP contribution in [0.25, 0.3) is 0 Å². The van der Waals surface area contributed by atoms with Crippen LogP contribution in [-0.4, -0.2) is 76.7 Å². The van der Waals surface area contributed by atoms with E-state index in [0.29, 0.717) is 37.5 Å². The molecule has 2 N–H and O–H groups in total. The summed E-state index contributed by atoms with van der Waals surface area (Å²) >= 11 is 0. The maximum absolute atomic E-state index is 12.8. The topological polar surface area (TPSA) is 90.6 Å². The largest absolute Gasteiger partial charge is 0.372 e. The molecule has 0 saturated carbocycles. The highest BCUT2D eigenvalue weighted by Gasteiger charge is 2.49. The molecule has 3 saturated heterocycles. The van der Waals surface area contributed by atoms with Gasteiger partial charge in [0, 0.05) is 57.0 Å². The average molecular weight is 390 g/mol. The van der Waals surface area contributed by atoms with E-state index >= 15 is 0 Å². The number of rotatable bonds is 7. The Kier molecular flexibility index (Phi) is 5.96. The van der Waals surface area contributed by atoms with Gasteiger partial charge in [0.2, 0.25) is 11.8 Å². The Morgan fingerprint density at radius 3 is 3.04 bits per heavy atom. The fourth-order valence-corrected chi connectivity index (χ4v) is 5.35. The Bertz CT molecular complexity index is 679. The van der Waals surface area contributed by atoms with E-state index in [1.165, 1.54) is 5.56 Å². The highest BCUT2D eigenvalue weighted by atomic mass is 16.5. The van der Waals surface area contributed by atoms with Crippen LogP contribution in [-0.2, 0) is 20.9 Å². The molecule has 1 aromatic heterocycles. The summed E-state index contributed by atoms with van der Waals surface area (Å²) in [6.07, 6.45) is 7.66. The molecule has 4 rings (SSSR count). The number of H-pyrrole nitrogens is 1. The molecule has 3 aliphatic heterocycles. The molecule has 1 aromatic rings. The van der Waals surface area contributed by atoms with Crippen molar-refractivity contribution in [2.45, 2.75) is 51.2 Å². The summed E-state index contributed by atoms with van der Waals surface area (Å²) in [6.45, 7) is 5.86. The van der Waals surface area contributed by atoms with Crippen molar-refractivity contribution in [3.05, 3.63) is 18.0 Å². The molecule has 3 fully saturated rings. The van der Waals surface area contributed by atoms with Crippen molar-refractivity contribution in [3.8, 4) is 0 Å². The average Bonchev–Trinajstić information content (AvgIpc) is 3.19. The molecule has 3 aliphatic rings. The van der Waals surface area contributed by atoms with Crippen molar-refractivity contribution in [2.24, 2.45) is 11.8 Å². The number of carbonyl (C=O) groups is 2. The molecule has 0 aromatic carbocycles. The van der Waals surface area contributed by atoms with Crippen LogP contribution in [0.1, 0.15) is 38.2 Å². The number of piperidine rings is 3. The number of aromatic amines is 1. The molecule has 4 heterocycles. The van der Waals surface area contributed by atoms with Crippen LogP contribution in [0.4, 0.5) is 0 Å².